The normalized spacial score (nSPS) is 10.7. The van der Waals surface area contributed by atoms with E-state index in [9.17, 15) is 0 Å². The van der Waals surface area contributed by atoms with Gasteiger partial charge in [-0.25, -0.2) is 0 Å². The minimum Gasteiger partial charge on any atom is -0.493 e. The molecule has 0 aromatic heterocycles. The fraction of sp³-hybridized carbons (Fsp3) is 0.571. The molecule has 4 heteroatoms. The molecule has 18 heavy (non-hydrogen) atoms. The van der Waals surface area contributed by atoms with Crippen LogP contribution in [0, 0.1) is 0 Å². The van der Waals surface area contributed by atoms with Gasteiger partial charge in [0.1, 0.15) is 0 Å². The van der Waals surface area contributed by atoms with Crippen LogP contribution in [-0.2, 0) is 6.54 Å². The minimum absolute atomic E-state index is 0.782. The summed E-state index contributed by atoms with van der Waals surface area (Å²) in [5, 5.41) is 1.05. The maximum absolute atomic E-state index is 5.32. The van der Waals surface area contributed by atoms with Crippen LogP contribution in [-0.4, -0.2) is 37.5 Å². The van der Waals surface area contributed by atoms with E-state index >= 15 is 0 Å². The number of rotatable bonds is 8. The molecule has 0 aliphatic carbocycles. The molecule has 1 rings (SSSR count). The molecule has 0 fully saturated rings. The van der Waals surface area contributed by atoms with Gasteiger partial charge in [0.2, 0.25) is 0 Å². The van der Waals surface area contributed by atoms with Gasteiger partial charge in [-0.1, -0.05) is 28.9 Å². The Morgan fingerprint density at radius 3 is 2.44 bits per heavy atom. The molecule has 0 aliphatic rings. The lowest BCUT2D eigenvalue weighted by molar-refractivity contribution is 0.280. The molecule has 3 nitrogen and oxygen atoms in total. The van der Waals surface area contributed by atoms with Gasteiger partial charge in [-0.3, -0.25) is 4.90 Å². The second-order valence-electron chi connectivity index (χ2n) is 4.10. The zero-order chi connectivity index (χ0) is 13.4. The summed E-state index contributed by atoms with van der Waals surface area (Å²) in [6.07, 6.45) is 1.17. The van der Waals surface area contributed by atoms with Crippen LogP contribution in [0.5, 0.6) is 11.5 Å². The summed E-state index contributed by atoms with van der Waals surface area (Å²) in [5.74, 6) is 1.58. The fourth-order valence-electron chi connectivity index (χ4n) is 1.87. The van der Waals surface area contributed by atoms with Crippen LogP contribution in [0.1, 0.15) is 18.9 Å². The van der Waals surface area contributed by atoms with E-state index in [1.54, 1.807) is 14.2 Å². The van der Waals surface area contributed by atoms with Crippen LogP contribution in [0.15, 0.2) is 18.2 Å². The average Bonchev–Trinajstić information content (AvgIpc) is 2.43. The van der Waals surface area contributed by atoms with Crippen LogP contribution in [0.3, 0.4) is 0 Å². The first-order valence-corrected chi connectivity index (χ1v) is 7.36. The Labute approximate surface area is 118 Å². The second kappa shape index (κ2) is 8.38. The highest BCUT2D eigenvalue weighted by molar-refractivity contribution is 9.09. The highest BCUT2D eigenvalue weighted by Gasteiger charge is 2.07. The summed E-state index contributed by atoms with van der Waals surface area (Å²) < 4.78 is 10.6. The highest BCUT2D eigenvalue weighted by Crippen LogP contribution is 2.28. The average molecular weight is 316 g/mol. The van der Waals surface area contributed by atoms with E-state index in [4.69, 9.17) is 9.47 Å². The maximum Gasteiger partial charge on any atom is 0.161 e. The number of ether oxygens (including phenoxy) is 2. The Morgan fingerprint density at radius 1 is 1.17 bits per heavy atom. The van der Waals surface area contributed by atoms with Gasteiger partial charge < -0.3 is 9.47 Å². The number of hydrogen-bond acceptors (Lipinski definition) is 3. The van der Waals surface area contributed by atoms with Crippen molar-refractivity contribution in [1.82, 2.24) is 4.90 Å². The van der Waals surface area contributed by atoms with Gasteiger partial charge in [-0.2, -0.15) is 0 Å². The zero-order valence-corrected chi connectivity index (χ0v) is 13.0. The van der Waals surface area contributed by atoms with Gasteiger partial charge in [-0.05, 0) is 37.2 Å². The van der Waals surface area contributed by atoms with Crippen molar-refractivity contribution < 1.29 is 9.47 Å². The summed E-state index contributed by atoms with van der Waals surface area (Å²) in [7, 11) is 3.33. The maximum atomic E-state index is 5.32. The summed E-state index contributed by atoms with van der Waals surface area (Å²) in [4.78, 5) is 2.42. The number of hydrogen-bond donors (Lipinski definition) is 0. The van der Waals surface area contributed by atoms with Crippen molar-refractivity contribution in [1.29, 1.82) is 0 Å². The number of benzene rings is 1. The quantitative estimate of drug-likeness (QED) is 0.687. The largest absolute Gasteiger partial charge is 0.493 e. The predicted molar refractivity (Wildman–Crippen MR) is 78.9 cm³/mol. The number of methoxy groups -OCH3 is 2. The van der Waals surface area contributed by atoms with Crippen LogP contribution >= 0.6 is 15.9 Å². The van der Waals surface area contributed by atoms with Gasteiger partial charge in [0.05, 0.1) is 14.2 Å². The summed E-state index contributed by atoms with van der Waals surface area (Å²) in [6, 6.07) is 6.11. The lowest BCUT2D eigenvalue weighted by Gasteiger charge is -2.20. The van der Waals surface area contributed by atoms with Crippen LogP contribution in [0.4, 0.5) is 0 Å². The fourth-order valence-corrected chi connectivity index (χ4v) is 2.12. The van der Waals surface area contributed by atoms with Crippen molar-refractivity contribution in [2.45, 2.75) is 19.9 Å². The van der Waals surface area contributed by atoms with Gasteiger partial charge in [0.25, 0.3) is 0 Å². The topological polar surface area (TPSA) is 21.7 Å². The molecule has 0 unspecified atom stereocenters. The van der Waals surface area contributed by atoms with Gasteiger partial charge in [0, 0.05) is 11.9 Å². The summed E-state index contributed by atoms with van der Waals surface area (Å²) >= 11 is 3.47. The van der Waals surface area contributed by atoms with E-state index in [1.807, 2.05) is 6.07 Å². The van der Waals surface area contributed by atoms with E-state index in [-0.39, 0.29) is 0 Å². The summed E-state index contributed by atoms with van der Waals surface area (Å²) in [5.41, 5.74) is 1.25. The van der Waals surface area contributed by atoms with Gasteiger partial charge in [-0.15, -0.1) is 0 Å². The molecule has 0 heterocycles. The van der Waals surface area contributed by atoms with Crippen molar-refractivity contribution in [3.8, 4) is 11.5 Å². The molecule has 0 saturated heterocycles. The second-order valence-corrected chi connectivity index (χ2v) is 4.89. The molecular weight excluding hydrogens is 294 g/mol. The monoisotopic (exact) mass is 315 g/mol. The van der Waals surface area contributed by atoms with Crippen molar-refractivity contribution in [3.05, 3.63) is 23.8 Å². The molecule has 0 aliphatic heterocycles. The lowest BCUT2D eigenvalue weighted by Crippen LogP contribution is -2.24. The number of nitrogens with zero attached hydrogens (tertiary/aromatic N) is 1. The molecule has 0 saturated carbocycles. The first kappa shape index (κ1) is 15.3. The van der Waals surface area contributed by atoms with Crippen molar-refractivity contribution >= 4 is 15.9 Å². The highest BCUT2D eigenvalue weighted by atomic mass is 79.9. The van der Waals surface area contributed by atoms with E-state index < -0.39 is 0 Å². The van der Waals surface area contributed by atoms with E-state index in [0.717, 1.165) is 36.5 Å². The van der Waals surface area contributed by atoms with Gasteiger partial charge >= 0.3 is 0 Å². The van der Waals surface area contributed by atoms with Crippen molar-refractivity contribution in [2.24, 2.45) is 0 Å². The zero-order valence-electron chi connectivity index (χ0n) is 11.4. The Balaban J connectivity index is 2.71. The molecule has 0 spiro atoms. The lowest BCUT2D eigenvalue weighted by atomic mass is 10.2. The van der Waals surface area contributed by atoms with E-state index in [0.29, 0.717) is 0 Å². The Hall–Kier alpha value is -0.740. The SMILES string of the molecule is CCN(CCCBr)Cc1ccc(OC)c(OC)c1. The minimum atomic E-state index is 0.782. The third-order valence-corrected chi connectivity index (χ3v) is 3.47. The Bertz CT molecular complexity index is 358. The first-order valence-electron chi connectivity index (χ1n) is 6.24. The van der Waals surface area contributed by atoms with Crippen molar-refractivity contribution in [3.63, 3.8) is 0 Å². The Kier molecular flexibility index (Phi) is 7.13. The smallest absolute Gasteiger partial charge is 0.161 e. The molecule has 0 atom stereocenters. The van der Waals surface area contributed by atoms with Crippen LogP contribution in [0.25, 0.3) is 0 Å². The third kappa shape index (κ3) is 4.50. The molecule has 102 valence electrons. The van der Waals surface area contributed by atoms with Crippen molar-refractivity contribution in [2.75, 3.05) is 32.6 Å². The molecule has 1 aromatic rings. The van der Waals surface area contributed by atoms with Crippen LogP contribution in [0.2, 0.25) is 0 Å². The van der Waals surface area contributed by atoms with Crippen LogP contribution < -0.4 is 9.47 Å². The summed E-state index contributed by atoms with van der Waals surface area (Å²) in [6.45, 7) is 5.30. The predicted octanol–water partition coefficient (Wildman–Crippen LogP) is 3.31. The Morgan fingerprint density at radius 2 is 1.89 bits per heavy atom. The molecule has 0 radical (unpaired) electrons. The van der Waals surface area contributed by atoms with E-state index in [2.05, 4.69) is 39.9 Å². The number of alkyl halides is 1. The first-order chi connectivity index (χ1) is 8.74. The molecular formula is C14H22BrNO2. The molecule has 0 N–H and O–H groups in total. The molecule has 1 aromatic carbocycles. The molecule has 0 bridgehead atoms. The number of halogens is 1. The molecule has 0 amide bonds. The van der Waals surface area contributed by atoms with Gasteiger partial charge in [0.15, 0.2) is 11.5 Å². The third-order valence-electron chi connectivity index (χ3n) is 2.91. The standard InChI is InChI=1S/C14H22BrNO2/c1-4-16(9-5-8-15)11-12-6-7-13(17-2)14(10-12)18-3/h6-7,10H,4-5,8-9,11H2,1-3H3. The van der Waals surface area contributed by atoms with E-state index in [1.165, 1.54) is 12.0 Å².